The maximum absolute atomic E-state index is 11.0. The summed E-state index contributed by atoms with van der Waals surface area (Å²) >= 11 is 8.20. The number of halogens is 1. The molecule has 0 aliphatic heterocycles. The Labute approximate surface area is 111 Å². The first-order valence-corrected chi connectivity index (χ1v) is 6.87. The summed E-state index contributed by atoms with van der Waals surface area (Å²) in [4.78, 5) is 12.1. The molecule has 1 aromatic heterocycles. The third-order valence-electron chi connectivity index (χ3n) is 1.72. The van der Waals surface area contributed by atoms with Crippen molar-refractivity contribution in [1.82, 2.24) is 10.2 Å². The van der Waals surface area contributed by atoms with E-state index in [1.54, 1.807) is 0 Å². The van der Waals surface area contributed by atoms with E-state index in [1.165, 1.54) is 23.1 Å². The zero-order valence-corrected chi connectivity index (χ0v) is 11.0. The molecule has 0 saturated carbocycles. The van der Waals surface area contributed by atoms with Gasteiger partial charge in [-0.2, -0.15) is 0 Å². The molecule has 0 aliphatic rings. The van der Waals surface area contributed by atoms with Crippen molar-refractivity contribution in [2.45, 2.75) is 9.24 Å². The van der Waals surface area contributed by atoms with Crippen LogP contribution in [0.25, 0.3) is 0 Å². The summed E-state index contributed by atoms with van der Waals surface area (Å²) < 4.78 is 0.779. The molecule has 1 aromatic carbocycles. The molecule has 0 aliphatic carbocycles. The van der Waals surface area contributed by atoms with Crippen molar-refractivity contribution < 1.29 is 4.79 Å². The van der Waals surface area contributed by atoms with Gasteiger partial charge in [-0.1, -0.05) is 41.3 Å². The summed E-state index contributed by atoms with van der Waals surface area (Å²) in [5, 5.41) is 10.9. The van der Waals surface area contributed by atoms with Gasteiger partial charge >= 0.3 is 0 Å². The molecule has 0 saturated heterocycles. The molecule has 0 spiro atoms. The minimum Gasteiger partial charge on any atom is -0.299 e. The summed E-state index contributed by atoms with van der Waals surface area (Å²) in [5.41, 5.74) is 0. The normalized spacial score (nSPS) is 10.2. The predicted molar refractivity (Wildman–Crippen MR) is 69.8 cm³/mol. The number of rotatable bonds is 4. The van der Waals surface area contributed by atoms with Crippen LogP contribution in [0, 0.1) is 0 Å². The lowest BCUT2D eigenvalue weighted by atomic mass is 10.4. The van der Waals surface area contributed by atoms with Gasteiger partial charge in [-0.3, -0.25) is 10.1 Å². The van der Waals surface area contributed by atoms with E-state index in [9.17, 15) is 4.79 Å². The molecule has 4 nitrogen and oxygen atoms in total. The number of benzene rings is 1. The van der Waals surface area contributed by atoms with E-state index in [-0.39, 0.29) is 11.8 Å². The second kappa shape index (κ2) is 6.00. The number of carbonyl (C=O) groups excluding carboxylic acids is 1. The fourth-order valence-electron chi connectivity index (χ4n) is 1.04. The van der Waals surface area contributed by atoms with Crippen LogP contribution >= 0.6 is 34.7 Å². The third kappa shape index (κ3) is 3.69. The fraction of sp³-hybridized carbons (Fsp3) is 0.100. The molecule has 88 valence electrons. The van der Waals surface area contributed by atoms with E-state index in [2.05, 4.69) is 15.5 Å². The molecule has 0 unspecified atom stereocenters. The molecule has 17 heavy (non-hydrogen) atoms. The number of carbonyl (C=O) groups is 1. The van der Waals surface area contributed by atoms with Crippen molar-refractivity contribution in [3.63, 3.8) is 0 Å². The van der Waals surface area contributed by atoms with Gasteiger partial charge in [0.15, 0.2) is 4.34 Å². The summed E-state index contributed by atoms with van der Waals surface area (Å²) in [7, 11) is 0. The number of aromatic nitrogens is 2. The highest BCUT2D eigenvalue weighted by Crippen LogP contribution is 2.31. The zero-order valence-electron chi connectivity index (χ0n) is 8.59. The average molecular weight is 286 g/mol. The maximum atomic E-state index is 11.0. The minimum atomic E-state index is -0.279. The molecule has 2 rings (SSSR count). The van der Waals surface area contributed by atoms with Gasteiger partial charge in [0.2, 0.25) is 11.0 Å². The first-order valence-electron chi connectivity index (χ1n) is 4.70. The Morgan fingerprint density at radius 3 is 2.82 bits per heavy atom. The Balaban J connectivity index is 2.01. The SMILES string of the molecule is O=C(CCl)Nc1nnc(Sc2ccccc2)s1. The van der Waals surface area contributed by atoms with E-state index in [1.807, 2.05) is 30.3 Å². The van der Waals surface area contributed by atoms with Gasteiger partial charge in [0.25, 0.3) is 0 Å². The second-order valence-corrected chi connectivity index (χ2v) is 5.54. The predicted octanol–water partition coefficient (Wildman–Crippen LogP) is 2.87. The smallest absolute Gasteiger partial charge is 0.241 e. The van der Waals surface area contributed by atoms with Crippen LogP contribution in [0.15, 0.2) is 39.6 Å². The lowest BCUT2D eigenvalue weighted by Gasteiger charge is -1.95. The van der Waals surface area contributed by atoms with Crippen LogP contribution in [0.2, 0.25) is 0 Å². The highest BCUT2D eigenvalue weighted by atomic mass is 35.5. The lowest BCUT2D eigenvalue weighted by Crippen LogP contribution is -2.12. The number of anilines is 1. The van der Waals surface area contributed by atoms with Crippen molar-refractivity contribution in [2.75, 3.05) is 11.2 Å². The van der Waals surface area contributed by atoms with E-state index in [0.29, 0.717) is 5.13 Å². The topological polar surface area (TPSA) is 54.9 Å². The molecule has 0 bridgehead atoms. The van der Waals surface area contributed by atoms with E-state index >= 15 is 0 Å². The minimum absolute atomic E-state index is 0.0826. The fourth-order valence-corrected chi connectivity index (χ4v) is 2.87. The number of nitrogens with zero attached hydrogens (tertiary/aromatic N) is 2. The van der Waals surface area contributed by atoms with Gasteiger partial charge < -0.3 is 0 Å². The molecule has 0 radical (unpaired) electrons. The largest absolute Gasteiger partial charge is 0.299 e. The van der Waals surface area contributed by atoms with Gasteiger partial charge in [-0.15, -0.1) is 21.8 Å². The number of nitrogens with one attached hydrogen (secondary N) is 1. The standard InChI is InChI=1S/C10H8ClN3OS2/c11-6-8(15)12-9-13-14-10(17-9)16-7-4-2-1-3-5-7/h1-5H,6H2,(H,12,13,15). The van der Waals surface area contributed by atoms with Crippen LogP contribution < -0.4 is 5.32 Å². The van der Waals surface area contributed by atoms with Crippen molar-refractivity contribution in [1.29, 1.82) is 0 Å². The van der Waals surface area contributed by atoms with Gasteiger partial charge in [0, 0.05) is 4.90 Å². The quantitative estimate of drug-likeness (QED) is 0.693. The molecular weight excluding hydrogens is 278 g/mol. The van der Waals surface area contributed by atoms with Crippen molar-refractivity contribution in [2.24, 2.45) is 0 Å². The van der Waals surface area contributed by atoms with Crippen LogP contribution in [0.4, 0.5) is 5.13 Å². The Kier molecular flexibility index (Phi) is 4.36. The highest BCUT2D eigenvalue weighted by molar-refractivity contribution is 8.01. The summed E-state index contributed by atoms with van der Waals surface area (Å²) in [6, 6.07) is 9.85. The first-order chi connectivity index (χ1) is 8.28. The average Bonchev–Trinajstić information content (AvgIpc) is 2.77. The molecule has 2 aromatic rings. The number of hydrogen-bond donors (Lipinski definition) is 1. The Bertz CT molecular complexity index is 503. The lowest BCUT2D eigenvalue weighted by molar-refractivity contribution is -0.113. The Hall–Kier alpha value is -1.11. The van der Waals surface area contributed by atoms with Crippen LogP contribution in [0.5, 0.6) is 0 Å². The summed E-state index contributed by atoms with van der Waals surface area (Å²) in [6.45, 7) is 0. The highest BCUT2D eigenvalue weighted by Gasteiger charge is 2.08. The van der Waals surface area contributed by atoms with Crippen LogP contribution in [0.1, 0.15) is 0 Å². The molecule has 0 fully saturated rings. The number of hydrogen-bond acceptors (Lipinski definition) is 5. The van der Waals surface area contributed by atoms with E-state index < -0.39 is 0 Å². The van der Waals surface area contributed by atoms with E-state index in [4.69, 9.17) is 11.6 Å². The summed E-state index contributed by atoms with van der Waals surface area (Å²) in [6.07, 6.45) is 0. The molecular formula is C10H8ClN3OS2. The van der Waals surface area contributed by atoms with Gasteiger partial charge in [0.05, 0.1) is 0 Å². The van der Waals surface area contributed by atoms with Crippen molar-refractivity contribution >= 4 is 45.7 Å². The van der Waals surface area contributed by atoms with Crippen LogP contribution in [0.3, 0.4) is 0 Å². The number of alkyl halides is 1. The first kappa shape index (κ1) is 12.3. The molecule has 1 heterocycles. The Morgan fingerprint density at radius 1 is 1.35 bits per heavy atom. The third-order valence-corrected chi connectivity index (χ3v) is 3.86. The maximum Gasteiger partial charge on any atom is 0.241 e. The molecule has 1 N–H and O–H groups in total. The molecule has 0 atom stereocenters. The van der Waals surface area contributed by atoms with Gasteiger partial charge in [-0.25, -0.2) is 0 Å². The summed E-state index contributed by atoms with van der Waals surface area (Å²) in [5.74, 6) is -0.361. The Morgan fingerprint density at radius 2 is 2.12 bits per heavy atom. The van der Waals surface area contributed by atoms with Gasteiger partial charge in [-0.05, 0) is 12.1 Å². The number of amides is 1. The molecule has 1 amide bonds. The monoisotopic (exact) mass is 285 g/mol. The molecule has 7 heteroatoms. The van der Waals surface area contributed by atoms with Crippen LogP contribution in [-0.4, -0.2) is 22.0 Å². The van der Waals surface area contributed by atoms with Crippen molar-refractivity contribution in [3.8, 4) is 0 Å². The zero-order chi connectivity index (χ0) is 12.1. The van der Waals surface area contributed by atoms with Crippen LogP contribution in [-0.2, 0) is 4.79 Å². The van der Waals surface area contributed by atoms with E-state index in [0.717, 1.165) is 9.24 Å². The second-order valence-electron chi connectivity index (χ2n) is 2.97. The van der Waals surface area contributed by atoms with Gasteiger partial charge in [0.1, 0.15) is 5.88 Å². The van der Waals surface area contributed by atoms with Crippen molar-refractivity contribution in [3.05, 3.63) is 30.3 Å².